The lowest BCUT2D eigenvalue weighted by atomic mass is 9.96. The summed E-state index contributed by atoms with van der Waals surface area (Å²) >= 11 is 12.1. The third-order valence-electron chi connectivity index (χ3n) is 4.79. The summed E-state index contributed by atoms with van der Waals surface area (Å²) in [6.07, 6.45) is 0.192. The summed E-state index contributed by atoms with van der Waals surface area (Å²) in [5.74, 6) is -0.743. The summed E-state index contributed by atoms with van der Waals surface area (Å²) in [5, 5.41) is 10.3. The maximum absolute atomic E-state index is 10.8. The van der Waals surface area contributed by atoms with Gasteiger partial charge in [-0.25, -0.2) is 0 Å². The second-order valence-electron chi connectivity index (χ2n) is 6.53. The van der Waals surface area contributed by atoms with Gasteiger partial charge in [0.2, 0.25) is 0 Å². The molecule has 0 amide bonds. The van der Waals surface area contributed by atoms with E-state index in [-0.39, 0.29) is 12.5 Å². The molecule has 1 N–H and O–H groups in total. The van der Waals surface area contributed by atoms with Crippen molar-refractivity contribution in [2.45, 2.75) is 12.5 Å². The fourth-order valence-electron chi connectivity index (χ4n) is 3.40. The fraction of sp³-hybridized carbons (Fsp3) is 0.350. The van der Waals surface area contributed by atoms with Gasteiger partial charge in [-0.05, 0) is 35.4 Å². The van der Waals surface area contributed by atoms with Gasteiger partial charge in [0.25, 0.3) is 0 Å². The Bertz CT molecular complexity index is 681. The summed E-state index contributed by atoms with van der Waals surface area (Å²) in [4.78, 5) is 15.4. The number of nitrogens with zero attached hydrogens (tertiary/aromatic N) is 2. The summed E-state index contributed by atoms with van der Waals surface area (Å²) in [6.45, 7) is 4.11. The second-order valence-corrected chi connectivity index (χ2v) is 7.40. The first-order valence-corrected chi connectivity index (χ1v) is 9.47. The molecular weight excluding hydrogens is 371 g/mol. The third kappa shape index (κ3) is 4.98. The molecule has 138 valence electrons. The number of hydrogen-bond acceptors (Lipinski definition) is 3. The van der Waals surface area contributed by atoms with Crippen molar-refractivity contribution in [3.63, 3.8) is 0 Å². The number of aliphatic carboxylic acids is 1. The highest BCUT2D eigenvalue weighted by Gasteiger charge is 2.26. The number of hydrogen-bond donors (Lipinski definition) is 1. The Kier molecular flexibility index (Phi) is 6.54. The molecular formula is C20H22Cl2N2O2. The maximum atomic E-state index is 10.8. The molecule has 26 heavy (non-hydrogen) atoms. The van der Waals surface area contributed by atoms with Crippen LogP contribution in [0.15, 0.2) is 48.5 Å². The Morgan fingerprint density at radius 2 is 1.35 bits per heavy atom. The van der Waals surface area contributed by atoms with Gasteiger partial charge in [0, 0.05) is 42.8 Å². The van der Waals surface area contributed by atoms with Gasteiger partial charge in [-0.1, -0.05) is 47.5 Å². The molecule has 0 spiro atoms. The molecule has 0 atom stereocenters. The molecule has 3 rings (SSSR count). The monoisotopic (exact) mass is 392 g/mol. The maximum Gasteiger partial charge on any atom is 0.304 e. The molecule has 0 saturated carbocycles. The standard InChI is InChI=1S/C20H22Cl2N2O2/c21-17-5-1-15(2-6-17)20(16-3-7-18(22)8-4-16)24-13-11-23(12-14-24)10-9-19(25)26/h1-8,20H,9-14H2,(H,25,26). The van der Waals surface area contributed by atoms with E-state index in [0.29, 0.717) is 6.54 Å². The zero-order chi connectivity index (χ0) is 18.5. The van der Waals surface area contributed by atoms with Crippen LogP contribution >= 0.6 is 23.2 Å². The Morgan fingerprint density at radius 1 is 0.885 bits per heavy atom. The molecule has 4 nitrogen and oxygen atoms in total. The van der Waals surface area contributed by atoms with E-state index in [1.54, 1.807) is 0 Å². The summed E-state index contributed by atoms with van der Waals surface area (Å²) in [7, 11) is 0. The van der Waals surface area contributed by atoms with Gasteiger partial charge < -0.3 is 10.0 Å². The highest BCUT2D eigenvalue weighted by molar-refractivity contribution is 6.30. The van der Waals surface area contributed by atoms with Crippen LogP contribution in [0.1, 0.15) is 23.6 Å². The molecule has 0 aliphatic carbocycles. The largest absolute Gasteiger partial charge is 0.481 e. The lowest BCUT2D eigenvalue weighted by molar-refractivity contribution is -0.137. The van der Waals surface area contributed by atoms with Crippen molar-refractivity contribution >= 4 is 29.2 Å². The molecule has 6 heteroatoms. The third-order valence-corrected chi connectivity index (χ3v) is 5.29. The molecule has 1 aliphatic heterocycles. The highest BCUT2D eigenvalue weighted by atomic mass is 35.5. The molecule has 2 aromatic rings. The van der Waals surface area contributed by atoms with E-state index >= 15 is 0 Å². The van der Waals surface area contributed by atoms with Crippen LogP contribution in [-0.2, 0) is 4.79 Å². The van der Waals surface area contributed by atoms with E-state index < -0.39 is 5.97 Å². The van der Waals surface area contributed by atoms with E-state index in [0.717, 1.165) is 36.2 Å². The van der Waals surface area contributed by atoms with E-state index in [1.165, 1.54) is 11.1 Å². The molecule has 0 aromatic heterocycles. The fourth-order valence-corrected chi connectivity index (χ4v) is 3.66. The lowest BCUT2D eigenvalue weighted by Gasteiger charge is -2.39. The molecule has 0 bridgehead atoms. The van der Waals surface area contributed by atoms with Gasteiger partial charge in [0.1, 0.15) is 0 Å². The number of piperazine rings is 1. The smallest absolute Gasteiger partial charge is 0.304 e. The predicted octanol–water partition coefficient (Wildman–Crippen LogP) is 4.18. The first-order chi connectivity index (χ1) is 12.5. The lowest BCUT2D eigenvalue weighted by Crippen LogP contribution is -2.48. The van der Waals surface area contributed by atoms with Crippen molar-refractivity contribution in [1.29, 1.82) is 0 Å². The average molecular weight is 393 g/mol. The normalized spacial score (nSPS) is 16.1. The van der Waals surface area contributed by atoms with Crippen LogP contribution in [0.2, 0.25) is 10.0 Å². The SMILES string of the molecule is O=C(O)CCN1CCN(C(c2ccc(Cl)cc2)c2ccc(Cl)cc2)CC1. The molecule has 0 radical (unpaired) electrons. The van der Waals surface area contributed by atoms with Crippen molar-refractivity contribution in [1.82, 2.24) is 9.80 Å². The van der Waals surface area contributed by atoms with E-state index in [4.69, 9.17) is 28.3 Å². The van der Waals surface area contributed by atoms with E-state index in [1.807, 2.05) is 24.3 Å². The van der Waals surface area contributed by atoms with Crippen LogP contribution < -0.4 is 0 Å². The Hall–Kier alpha value is -1.59. The quantitative estimate of drug-likeness (QED) is 0.800. The van der Waals surface area contributed by atoms with E-state index in [9.17, 15) is 4.79 Å². The number of carboxylic acid groups (broad SMARTS) is 1. The minimum atomic E-state index is -0.743. The van der Waals surface area contributed by atoms with Gasteiger partial charge in [0.15, 0.2) is 0 Å². The van der Waals surface area contributed by atoms with Crippen LogP contribution in [0.4, 0.5) is 0 Å². The van der Waals surface area contributed by atoms with Crippen LogP contribution in [0, 0.1) is 0 Å². The van der Waals surface area contributed by atoms with Crippen molar-refractivity contribution in [2.24, 2.45) is 0 Å². The van der Waals surface area contributed by atoms with Crippen molar-refractivity contribution in [3.8, 4) is 0 Å². The van der Waals surface area contributed by atoms with Gasteiger partial charge in [-0.15, -0.1) is 0 Å². The molecule has 0 unspecified atom stereocenters. The van der Waals surface area contributed by atoms with Crippen LogP contribution in [0.5, 0.6) is 0 Å². The molecule has 1 aliphatic rings. The first kappa shape index (κ1) is 19.2. The van der Waals surface area contributed by atoms with Crippen LogP contribution in [0.25, 0.3) is 0 Å². The first-order valence-electron chi connectivity index (χ1n) is 8.72. The van der Waals surface area contributed by atoms with Crippen molar-refractivity contribution in [3.05, 3.63) is 69.7 Å². The van der Waals surface area contributed by atoms with Crippen molar-refractivity contribution in [2.75, 3.05) is 32.7 Å². The summed E-state index contributed by atoms with van der Waals surface area (Å²) in [5.41, 5.74) is 2.38. The molecule has 1 saturated heterocycles. The minimum Gasteiger partial charge on any atom is -0.481 e. The van der Waals surface area contributed by atoms with Crippen LogP contribution in [0.3, 0.4) is 0 Å². The molecule has 2 aromatic carbocycles. The van der Waals surface area contributed by atoms with Gasteiger partial charge in [0.05, 0.1) is 12.5 Å². The minimum absolute atomic E-state index is 0.131. The average Bonchev–Trinajstić information content (AvgIpc) is 2.64. The predicted molar refractivity (Wildman–Crippen MR) is 105 cm³/mol. The summed E-state index contributed by atoms with van der Waals surface area (Å²) in [6, 6.07) is 16.1. The zero-order valence-electron chi connectivity index (χ0n) is 14.4. The highest BCUT2D eigenvalue weighted by Crippen LogP contribution is 2.31. The van der Waals surface area contributed by atoms with Gasteiger partial charge >= 0.3 is 5.97 Å². The zero-order valence-corrected chi connectivity index (χ0v) is 16.0. The Labute approximate surface area is 163 Å². The number of carbonyl (C=O) groups is 1. The number of benzene rings is 2. The number of halogens is 2. The Morgan fingerprint density at radius 3 is 1.77 bits per heavy atom. The second kappa shape index (κ2) is 8.87. The Balaban J connectivity index is 1.77. The number of rotatable bonds is 6. The van der Waals surface area contributed by atoms with Crippen LogP contribution in [-0.4, -0.2) is 53.6 Å². The van der Waals surface area contributed by atoms with Gasteiger partial charge in [-0.3, -0.25) is 9.69 Å². The molecule has 1 fully saturated rings. The number of carboxylic acids is 1. The summed E-state index contributed by atoms with van der Waals surface area (Å²) < 4.78 is 0. The van der Waals surface area contributed by atoms with Crippen molar-refractivity contribution < 1.29 is 9.90 Å². The van der Waals surface area contributed by atoms with Gasteiger partial charge in [-0.2, -0.15) is 0 Å². The topological polar surface area (TPSA) is 43.8 Å². The molecule has 1 heterocycles. The van der Waals surface area contributed by atoms with E-state index in [2.05, 4.69) is 34.1 Å².